The van der Waals surface area contributed by atoms with Crippen LogP contribution >= 0.6 is 0 Å². The first-order valence-corrected chi connectivity index (χ1v) is 9.00. The lowest BCUT2D eigenvalue weighted by molar-refractivity contribution is 0.102. The fourth-order valence-electron chi connectivity index (χ4n) is 3.37. The summed E-state index contributed by atoms with van der Waals surface area (Å²) in [5.74, 6) is 1.03. The number of aryl methyl sites for hydroxylation is 3. The molecule has 1 fully saturated rings. The Kier molecular flexibility index (Phi) is 4.53. The smallest absolute Gasteiger partial charge is 0.260 e. The molecule has 1 aromatic carbocycles. The van der Waals surface area contributed by atoms with Crippen molar-refractivity contribution in [3.63, 3.8) is 0 Å². The minimum atomic E-state index is -0.218. The van der Waals surface area contributed by atoms with Crippen molar-refractivity contribution >= 4 is 28.5 Å². The van der Waals surface area contributed by atoms with Crippen LogP contribution in [0.2, 0.25) is 0 Å². The molecule has 1 aliphatic heterocycles. The highest BCUT2D eigenvalue weighted by atomic mass is 16.5. The predicted octanol–water partition coefficient (Wildman–Crippen LogP) is 3.24. The van der Waals surface area contributed by atoms with Crippen LogP contribution in [0.15, 0.2) is 28.9 Å². The van der Waals surface area contributed by atoms with Crippen LogP contribution in [0.4, 0.5) is 11.5 Å². The largest absolute Gasteiger partial charge is 0.442 e. The molecule has 1 amide bonds. The van der Waals surface area contributed by atoms with Crippen molar-refractivity contribution in [2.24, 2.45) is 0 Å². The second-order valence-corrected chi connectivity index (χ2v) is 6.78. The van der Waals surface area contributed by atoms with Crippen molar-refractivity contribution in [3.8, 4) is 0 Å². The maximum atomic E-state index is 13.1. The van der Waals surface area contributed by atoms with Gasteiger partial charge in [-0.25, -0.2) is 9.97 Å². The Labute approximate surface area is 157 Å². The summed E-state index contributed by atoms with van der Waals surface area (Å²) in [5.41, 5.74) is 3.78. The van der Waals surface area contributed by atoms with Crippen molar-refractivity contribution in [1.82, 2.24) is 9.97 Å². The normalized spacial score (nSPS) is 14.6. The number of carbonyl (C=O) groups is 1. The van der Waals surface area contributed by atoms with Crippen molar-refractivity contribution < 1.29 is 13.9 Å². The Hall–Kier alpha value is -2.93. The SMILES string of the molecule is Cc1ccc(C)c(NC(=O)c2c(C)oc3ncnc(N4CCOCC4)c23)c1. The summed E-state index contributed by atoms with van der Waals surface area (Å²) < 4.78 is 11.2. The summed E-state index contributed by atoms with van der Waals surface area (Å²) >= 11 is 0. The zero-order valence-corrected chi connectivity index (χ0v) is 15.7. The Morgan fingerprint density at radius 2 is 1.93 bits per heavy atom. The summed E-state index contributed by atoms with van der Waals surface area (Å²) in [4.78, 5) is 23.9. The number of aromatic nitrogens is 2. The molecule has 1 aliphatic rings. The molecule has 4 rings (SSSR count). The number of carbonyl (C=O) groups excluding carboxylic acids is 1. The number of furan rings is 1. The summed E-state index contributed by atoms with van der Waals surface area (Å²) in [6, 6.07) is 5.98. The van der Waals surface area contributed by atoms with Crippen LogP contribution in [0.3, 0.4) is 0 Å². The predicted molar refractivity (Wildman–Crippen MR) is 103 cm³/mol. The lowest BCUT2D eigenvalue weighted by Crippen LogP contribution is -2.37. The number of fused-ring (bicyclic) bond motifs is 1. The van der Waals surface area contributed by atoms with E-state index in [9.17, 15) is 4.79 Å². The molecule has 0 radical (unpaired) electrons. The van der Waals surface area contributed by atoms with E-state index in [1.807, 2.05) is 32.0 Å². The zero-order valence-electron chi connectivity index (χ0n) is 15.7. The standard InChI is InChI=1S/C20H22N4O3/c1-12-4-5-13(2)15(10-12)23-19(25)16-14(3)27-20-17(16)18(21-11-22-20)24-6-8-26-9-7-24/h4-5,10-11H,6-9H2,1-3H3,(H,23,25). The molecular formula is C20H22N4O3. The number of nitrogens with zero attached hydrogens (tertiary/aromatic N) is 3. The number of rotatable bonds is 3. The number of nitrogens with one attached hydrogen (secondary N) is 1. The number of benzene rings is 1. The maximum absolute atomic E-state index is 13.1. The van der Waals surface area contributed by atoms with Crippen LogP contribution in [0, 0.1) is 20.8 Å². The molecule has 1 N–H and O–H groups in total. The molecule has 0 spiro atoms. The van der Waals surface area contributed by atoms with E-state index in [0.717, 1.165) is 16.8 Å². The molecule has 7 heteroatoms. The molecule has 2 aromatic heterocycles. The average Bonchev–Trinajstić information content (AvgIpc) is 3.01. The number of anilines is 2. The van der Waals surface area contributed by atoms with Gasteiger partial charge in [0.05, 0.1) is 24.2 Å². The van der Waals surface area contributed by atoms with Crippen molar-refractivity contribution in [2.45, 2.75) is 20.8 Å². The lowest BCUT2D eigenvalue weighted by Gasteiger charge is -2.28. The maximum Gasteiger partial charge on any atom is 0.260 e. The van der Waals surface area contributed by atoms with Gasteiger partial charge in [-0.1, -0.05) is 12.1 Å². The van der Waals surface area contributed by atoms with E-state index in [-0.39, 0.29) is 5.91 Å². The Bertz CT molecular complexity index is 1010. The van der Waals surface area contributed by atoms with E-state index in [2.05, 4.69) is 20.2 Å². The highest BCUT2D eigenvalue weighted by Crippen LogP contribution is 2.32. The number of morpholine rings is 1. The molecule has 3 aromatic rings. The molecular weight excluding hydrogens is 344 g/mol. The number of hydrogen-bond acceptors (Lipinski definition) is 6. The summed E-state index contributed by atoms with van der Waals surface area (Å²) in [7, 11) is 0. The van der Waals surface area contributed by atoms with E-state index in [0.29, 0.717) is 54.5 Å². The molecule has 0 bridgehead atoms. The van der Waals surface area contributed by atoms with Crippen LogP contribution in [0.1, 0.15) is 27.2 Å². The van der Waals surface area contributed by atoms with Crippen LogP contribution in [-0.2, 0) is 4.74 Å². The van der Waals surface area contributed by atoms with Gasteiger partial charge in [0, 0.05) is 18.8 Å². The minimum Gasteiger partial charge on any atom is -0.442 e. The van der Waals surface area contributed by atoms with E-state index in [4.69, 9.17) is 9.15 Å². The molecule has 140 valence electrons. The second kappa shape index (κ2) is 7.00. The summed E-state index contributed by atoms with van der Waals surface area (Å²) in [6.07, 6.45) is 1.47. The monoisotopic (exact) mass is 366 g/mol. The van der Waals surface area contributed by atoms with Crippen LogP contribution in [0.5, 0.6) is 0 Å². The molecule has 0 aliphatic carbocycles. The molecule has 0 saturated carbocycles. The number of ether oxygens (including phenoxy) is 1. The zero-order chi connectivity index (χ0) is 19.0. The Morgan fingerprint density at radius 3 is 2.70 bits per heavy atom. The van der Waals surface area contributed by atoms with Crippen LogP contribution < -0.4 is 10.2 Å². The molecule has 0 unspecified atom stereocenters. The van der Waals surface area contributed by atoms with Gasteiger partial charge in [-0.15, -0.1) is 0 Å². The van der Waals surface area contributed by atoms with E-state index < -0.39 is 0 Å². The van der Waals surface area contributed by atoms with Gasteiger partial charge in [-0.2, -0.15) is 0 Å². The first kappa shape index (κ1) is 17.5. The van der Waals surface area contributed by atoms with Crippen LogP contribution in [-0.4, -0.2) is 42.2 Å². The van der Waals surface area contributed by atoms with E-state index in [1.54, 1.807) is 6.92 Å². The summed E-state index contributed by atoms with van der Waals surface area (Å²) in [5, 5.41) is 3.67. The molecule has 3 heterocycles. The first-order chi connectivity index (χ1) is 13.0. The van der Waals surface area contributed by atoms with Crippen molar-refractivity contribution in [3.05, 3.63) is 47.0 Å². The summed E-state index contributed by atoms with van der Waals surface area (Å²) in [6.45, 7) is 8.44. The van der Waals surface area contributed by atoms with Gasteiger partial charge in [0.2, 0.25) is 5.71 Å². The average molecular weight is 366 g/mol. The molecule has 27 heavy (non-hydrogen) atoms. The Balaban J connectivity index is 1.77. The van der Waals surface area contributed by atoms with Gasteiger partial charge >= 0.3 is 0 Å². The lowest BCUT2D eigenvalue weighted by atomic mass is 10.1. The highest BCUT2D eigenvalue weighted by molar-refractivity contribution is 6.15. The van der Waals surface area contributed by atoms with Crippen LogP contribution in [0.25, 0.3) is 11.1 Å². The molecule has 1 saturated heterocycles. The first-order valence-electron chi connectivity index (χ1n) is 9.00. The molecule has 0 atom stereocenters. The van der Waals surface area contributed by atoms with Gasteiger partial charge in [0.25, 0.3) is 5.91 Å². The van der Waals surface area contributed by atoms with Gasteiger partial charge < -0.3 is 19.4 Å². The van der Waals surface area contributed by atoms with Gasteiger partial charge in [-0.05, 0) is 38.0 Å². The highest BCUT2D eigenvalue weighted by Gasteiger charge is 2.26. The quantitative estimate of drug-likeness (QED) is 0.766. The number of hydrogen-bond donors (Lipinski definition) is 1. The van der Waals surface area contributed by atoms with Crippen molar-refractivity contribution in [1.29, 1.82) is 0 Å². The fourth-order valence-corrected chi connectivity index (χ4v) is 3.37. The third-order valence-corrected chi connectivity index (χ3v) is 4.82. The van der Waals surface area contributed by atoms with E-state index in [1.165, 1.54) is 6.33 Å². The third kappa shape index (κ3) is 3.26. The van der Waals surface area contributed by atoms with Crippen molar-refractivity contribution in [2.75, 3.05) is 36.5 Å². The van der Waals surface area contributed by atoms with Gasteiger partial charge in [0.15, 0.2) is 0 Å². The topological polar surface area (TPSA) is 80.5 Å². The minimum absolute atomic E-state index is 0.218. The Morgan fingerprint density at radius 1 is 1.15 bits per heavy atom. The third-order valence-electron chi connectivity index (χ3n) is 4.82. The molecule has 7 nitrogen and oxygen atoms in total. The second-order valence-electron chi connectivity index (χ2n) is 6.78. The van der Waals surface area contributed by atoms with Gasteiger partial charge in [0.1, 0.15) is 17.9 Å². The fraction of sp³-hybridized carbons (Fsp3) is 0.350. The number of amides is 1. The van der Waals surface area contributed by atoms with Gasteiger partial charge in [-0.3, -0.25) is 4.79 Å². The van der Waals surface area contributed by atoms with E-state index >= 15 is 0 Å².